The van der Waals surface area contributed by atoms with Crippen LogP contribution >= 0.6 is 22.9 Å². The molecule has 0 aliphatic heterocycles. The van der Waals surface area contributed by atoms with Crippen molar-refractivity contribution in [2.24, 2.45) is 5.73 Å². The molecular formula is C14H15ClN2O3S. The van der Waals surface area contributed by atoms with E-state index in [-0.39, 0.29) is 0 Å². The van der Waals surface area contributed by atoms with Gasteiger partial charge in [-0.1, -0.05) is 11.6 Å². The zero-order chi connectivity index (χ0) is 15.4. The van der Waals surface area contributed by atoms with E-state index < -0.39 is 5.91 Å². The van der Waals surface area contributed by atoms with Crippen LogP contribution in [0.25, 0.3) is 0 Å². The fourth-order valence-corrected chi connectivity index (χ4v) is 2.81. The molecule has 2 aromatic rings. The van der Waals surface area contributed by atoms with Gasteiger partial charge >= 0.3 is 0 Å². The topological polar surface area (TPSA) is 73.6 Å². The number of anilines is 1. The van der Waals surface area contributed by atoms with Gasteiger partial charge in [0.25, 0.3) is 0 Å². The van der Waals surface area contributed by atoms with Gasteiger partial charge in [0.1, 0.15) is 0 Å². The lowest BCUT2D eigenvalue weighted by Crippen LogP contribution is -2.09. The molecule has 112 valence electrons. The van der Waals surface area contributed by atoms with Gasteiger partial charge in [0, 0.05) is 28.9 Å². The Kier molecular flexibility index (Phi) is 4.93. The van der Waals surface area contributed by atoms with Crippen molar-refractivity contribution in [3.8, 4) is 11.5 Å². The second kappa shape index (κ2) is 6.69. The van der Waals surface area contributed by atoms with E-state index >= 15 is 0 Å². The third-order valence-corrected chi connectivity index (χ3v) is 4.11. The summed E-state index contributed by atoms with van der Waals surface area (Å²) in [4.78, 5) is 12.0. The minimum absolute atomic E-state index is 0.429. The Bertz CT molecular complexity index is 658. The number of amides is 1. The Morgan fingerprint density at radius 2 is 1.95 bits per heavy atom. The first-order chi connectivity index (χ1) is 10.0. The van der Waals surface area contributed by atoms with Crippen LogP contribution < -0.4 is 20.5 Å². The molecular weight excluding hydrogens is 312 g/mol. The molecule has 0 fully saturated rings. The van der Waals surface area contributed by atoms with Gasteiger partial charge in [0.05, 0.1) is 30.5 Å². The Morgan fingerprint density at radius 1 is 1.29 bits per heavy atom. The highest BCUT2D eigenvalue weighted by atomic mass is 35.5. The first kappa shape index (κ1) is 15.5. The quantitative estimate of drug-likeness (QED) is 0.855. The summed E-state index contributed by atoms with van der Waals surface area (Å²) >= 11 is 7.65. The Hall–Kier alpha value is -1.92. The fraction of sp³-hybridized carbons (Fsp3) is 0.214. The molecule has 3 N–H and O–H groups in total. The highest BCUT2D eigenvalue weighted by Gasteiger charge is 2.10. The number of hydrogen-bond acceptors (Lipinski definition) is 5. The number of benzene rings is 1. The van der Waals surface area contributed by atoms with Crippen LogP contribution in [0.4, 0.5) is 5.69 Å². The van der Waals surface area contributed by atoms with Crippen LogP contribution in [0.5, 0.6) is 11.5 Å². The van der Waals surface area contributed by atoms with E-state index in [1.807, 2.05) is 0 Å². The van der Waals surface area contributed by atoms with Crippen LogP contribution in [0.1, 0.15) is 15.2 Å². The second-order valence-corrected chi connectivity index (χ2v) is 5.61. The highest BCUT2D eigenvalue weighted by Crippen LogP contribution is 2.36. The van der Waals surface area contributed by atoms with E-state index in [9.17, 15) is 4.79 Å². The summed E-state index contributed by atoms with van der Waals surface area (Å²) in [7, 11) is 3.12. The summed E-state index contributed by atoms with van der Waals surface area (Å²) in [5, 5.41) is 5.46. The molecule has 1 aromatic carbocycles. The van der Waals surface area contributed by atoms with Crippen molar-refractivity contribution >= 4 is 34.5 Å². The van der Waals surface area contributed by atoms with E-state index in [2.05, 4.69) is 5.32 Å². The minimum atomic E-state index is -0.429. The van der Waals surface area contributed by atoms with E-state index in [1.165, 1.54) is 11.3 Å². The summed E-state index contributed by atoms with van der Waals surface area (Å²) in [5.74, 6) is 0.732. The number of halogens is 1. The first-order valence-electron chi connectivity index (χ1n) is 6.07. The summed E-state index contributed by atoms with van der Waals surface area (Å²) in [6.45, 7) is 0.535. The zero-order valence-corrected chi connectivity index (χ0v) is 13.2. The van der Waals surface area contributed by atoms with Gasteiger partial charge < -0.3 is 20.5 Å². The summed E-state index contributed by atoms with van der Waals surface area (Å²) < 4.78 is 10.4. The molecule has 0 spiro atoms. The number of methoxy groups -OCH3 is 2. The van der Waals surface area contributed by atoms with Gasteiger partial charge in [-0.2, -0.15) is 0 Å². The maximum atomic E-state index is 11.1. The van der Waals surface area contributed by atoms with E-state index in [0.29, 0.717) is 28.6 Å². The average Bonchev–Trinajstić information content (AvgIpc) is 2.94. The zero-order valence-electron chi connectivity index (χ0n) is 11.6. The SMILES string of the molecule is COc1cc(Cl)c(NCc2cc(C(N)=O)cs2)cc1OC. The van der Waals surface area contributed by atoms with Crippen molar-refractivity contribution in [2.75, 3.05) is 19.5 Å². The van der Waals surface area contributed by atoms with E-state index in [0.717, 1.165) is 10.6 Å². The number of rotatable bonds is 6. The third-order valence-electron chi connectivity index (χ3n) is 2.86. The molecule has 0 saturated carbocycles. The van der Waals surface area contributed by atoms with Crippen LogP contribution in [0.3, 0.4) is 0 Å². The van der Waals surface area contributed by atoms with Crippen molar-refractivity contribution in [1.82, 2.24) is 0 Å². The van der Waals surface area contributed by atoms with Gasteiger partial charge in [0.2, 0.25) is 5.91 Å². The minimum Gasteiger partial charge on any atom is -0.493 e. The summed E-state index contributed by atoms with van der Waals surface area (Å²) in [6.07, 6.45) is 0. The van der Waals surface area contributed by atoms with E-state index in [4.69, 9.17) is 26.8 Å². The Labute approximate surface area is 131 Å². The highest BCUT2D eigenvalue weighted by molar-refractivity contribution is 7.10. The van der Waals surface area contributed by atoms with Gasteiger partial charge in [-0.05, 0) is 6.07 Å². The summed E-state index contributed by atoms with van der Waals surface area (Å²) in [5.41, 5.74) is 6.46. The van der Waals surface area contributed by atoms with Crippen molar-refractivity contribution < 1.29 is 14.3 Å². The van der Waals surface area contributed by atoms with Crippen molar-refractivity contribution in [3.63, 3.8) is 0 Å². The molecule has 0 bridgehead atoms. The predicted octanol–water partition coefficient (Wildman–Crippen LogP) is 3.13. The molecule has 0 unspecified atom stereocenters. The van der Waals surface area contributed by atoms with Gasteiger partial charge in [-0.3, -0.25) is 4.79 Å². The predicted molar refractivity (Wildman–Crippen MR) is 84.7 cm³/mol. The third kappa shape index (κ3) is 3.59. The maximum Gasteiger partial charge on any atom is 0.249 e. The maximum absolute atomic E-state index is 11.1. The average molecular weight is 327 g/mol. The van der Waals surface area contributed by atoms with Crippen molar-refractivity contribution in [1.29, 1.82) is 0 Å². The number of thiophene rings is 1. The molecule has 0 aliphatic rings. The first-order valence-corrected chi connectivity index (χ1v) is 7.33. The number of ether oxygens (including phenoxy) is 2. The molecule has 7 heteroatoms. The number of carbonyl (C=O) groups excluding carboxylic acids is 1. The van der Waals surface area contributed by atoms with Crippen LogP contribution in [0.2, 0.25) is 5.02 Å². The Morgan fingerprint density at radius 3 is 2.52 bits per heavy atom. The molecule has 21 heavy (non-hydrogen) atoms. The van der Waals surface area contributed by atoms with E-state index in [1.54, 1.807) is 37.8 Å². The van der Waals surface area contributed by atoms with Crippen LogP contribution in [0.15, 0.2) is 23.6 Å². The van der Waals surface area contributed by atoms with Gasteiger partial charge in [0.15, 0.2) is 11.5 Å². The van der Waals surface area contributed by atoms with Crippen LogP contribution in [0, 0.1) is 0 Å². The Balaban J connectivity index is 2.13. The molecule has 0 saturated heterocycles. The molecule has 0 radical (unpaired) electrons. The molecule has 0 atom stereocenters. The number of hydrogen-bond donors (Lipinski definition) is 2. The van der Waals surface area contributed by atoms with Crippen LogP contribution in [-0.2, 0) is 6.54 Å². The smallest absolute Gasteiger partial charge is 0.249 e. The standard InChI is InChI=1S/C14H15ClN2O3S/c1-19-12-4-10(15)11(5-13(12)20-2)17-6-9-3-8(7-21-9)14(16)18/h3-5,7,17H,6H2,1-2H3,(H2,16,18). The number of nitrogens with one attached hydrogen (secondary N) is 1. The molecule has 1 aromatic heterocycles. The molecule has 1 heterocycles. The van der Waals surface area contributed by atoms with Crippen molar-refractivity contribution in [3.05, 3.63) is 39.0 Å². The van der Waals surface area contributed by atoms with Gasteiger partial charge in [-0.15, -0.1) is 11.3 Å². The lowest BCUT2D eigenvalue weighted by molar-refractivity contribution is 0.100. The monoisotopic (exact) mass is 326 g/mol. The number of carbonyl (C=O) groups is 1. The normalized spacial score (nSPS) is 10.2. The molecule has 1 amide bonds. The molecule has 2 rings (SSSR count). The largest absolute Gasteiger partial charge is 0.493 e. The molecule has 0 aliphatic carbocycles. The number of nitrogens with two attached hydrogens (primary N) is 1. The van der Waals surface area contributed by atoms with Crippen LogP contribution in [-0.4, -0.2) is 20.1 Å². The van der Waals surface area contributed by atoms with Crippen molar-refractivity contribution in [2.45, 2.75) is 6.54 Å². The fourth-order valence-electron chi connectivity index (χ4n) is 1.77. The second-order valence-electron chi connectivity index (χ2n) is 4.21. The number of primary amides is 1. The molecule has 5 nitrogen and oxygen atoms in total. The summed E-state index contributed by atoms with van der Waals surface area (Å²) in [6, 6.07) is 5.21. The lowest BCUT2D eigenvalue weighted by Gasteiger charge is -2.12. The lowest BCUT2D eigenvalue weighted by atomic mass is 10.2. The van der Waals surface area contributed by atoms with Gasteiger partial charge in [-0.25, -0.2) is 0 Å².